The lowest BCUT2D eigenvalue weighted by Crippen LogP contribution is -2.21. The highest BCUT2D eigenvalue weighted by Crippen LogP contribution is 2.28. The van der Waals surface area contributed by atoms with E-state index in [1.54, 1.807) is 0 Å². The van der Waals surface area contributed by atoms with E-state index in [1.165, 1.54) is 29.9 Å². The van der Waals surface area contributed by atoms with Gasteiger partial charge in [-0.3, -0.25) is 0 Å². The minimum atomic E-state index is 0.976. The van der Waals surface area contributed by atoms with Gasteiger partial charge in [0.1, 0.15) is 5.82 Å². The second-order valence-electron chi connectivity index (χ2n) is 6.21. The zero-order valence-corrected chi connectivity index (χ0v) is 13.6. The van der Waals surface area contributed by atoms with Crippen LogP contribution in [0.1, 0.15) is 31.9 Å². The van der Waals surface area contributed by atoms with Crippen molar-refractivity contribution in [2.75, 3.05) is 18.0 Å². The van der Waals surface area contributed by atoms with Gasteiger partial charge in [0.25, 0.3) is 0 Å². The maximum atomic E-state index is 4.91. The van der Waals surface area contributed by atoms with Crippen LogP contribution < -0.4 is 4.90 Å². The molecule has 2 aromatic heterocycles. The Labute approximate surface area is 136 Å². The zero-order chi connectivity index (χ0) is 15.6. The van der Waals surface area contributed by atoms with Crippen molar-refractivity contribution in [1.82, 2.24) is 14.6 Å². The standard InChI is InChI=1S/C19H22N4/c1-2-8-16-13-18(22-11-6-7-12-22)23-19(21-16)17(14-20-23)15-9-4-3-5-10-15/h3-5,9-10,13-14H,2,6-8,11-12H2,1H3. The van der Waals surface area contributed by atoms with Gasteiger partial charge in [-0.1, -0.05) is 43.7 Å². The molecule has 0 spiro atoms. The number of rotatable bonds is 4. The predicted molar refractivity (Wildman–Crippen MR) is 93.9 cm³/mol. The fraction of sp³-hybridized carbons (Fsp3) is 0.368. The molecular weight excluding hydrogens is 284 g/mol. The van der Waals surface area contributed by atoms with Crippen LogP contribution in [0.3, 0.4) is 0 Å². The molecular formula is C19H22N4. The number of aryl methyl sites for hydroxylation is 1. The molecule has 0 unspecified atom stereocenters. The van der Waals surface area contributed by atoms with E-state index < -0.39 is 0 Å². The molecule has 23 heavy (non-hydrogen) atoms. The van der Waals surface area contributed by atoms with Gasteiger partial charge in [0.15, 0.2) is 5.65 Å². The molecule has 0 radical (unpaired) electrons. The summed E-state index contributed by atoms with van der Waals surface area (Å²) in [7, 11) is 0. The van der Waals surface area contributed by atoms with Gasteiger partial charge < -0.3 is 4.90 Å². The molecule has 0 atom stereocenters. The third-order valence-electron chi connectivity index (χ3n) is 4.53. The lowest BCUT2D eigenvalue weighted by molar-refractivity contribution is 0.821. The maximum Gasteiger partial charge on any atom is 0.165 e. The van der Waals surface area contributed by atoms with Gasteiger partial charge in [-0.05, 0) is 24.8 Å². The van der Waals surface area contributed by atoms with E-state index in [9.17, 15) is 0 Å². The highest BCUT2D eigenvalue weighted by atomic mass is 15.3. The summed E-state index contributed by atoms with van der Waals surface area (Å²) in [4.78, 5) is 7.35. The Morgan fingerprint density at radius 1 is 1.09 bits per heavy atom. The van der Waals surface area contributed by atoms with Gasteiger partial charge in [-0.15, -0.1) is 0 Å². The predicted octanol–water partition coefficient (Wildman–Crippen LogP) is 3.95. The van der Waals surface area contributed by atoms with E-state index in [4.69, 9.17) is 4.98 Å². The van der Waals surface area contributed by atoms with E-state index in [0.29, 0.717) is 0 Å². The molecule has 1 fully saturated rings. The zero-order valence-electron chi connectivity index (χ0n) is 13.6. The Kier molecular flexibility index (Phi) is 3.74. The first-order valence-corrected chi connectivity index (χ1v) is 8.55. The largest absolute Gasteiger partial charge is 0.356 e. The number of hydrogen-bond donors (Lipinski definition) is 0. The van der Waals surface area contributed by atoms with Crippen molar-refractivity contribution in [2.45, 2.75) is 32.6 Å². The highest BCUT2D eigenvalue weighted by molar-refractivity contribution is 5.78. The Morgan fingerprint density at radius 3 is 2.61 bits per heavy atom. The average molecular weight is 306 g/mol. The highest BCUT2D eigenvalue weighted by Gasteiger charge is 2.19. The molecule has 4 nitrogen and oxygen atoms in total. The number of fused-ring (bicyclic) bond motifs is 1. The molecule has 4 heteroatoms. The van der Waals surface area contributed by atoms with Crippen LogP contribution in [0, 0.1) is 0 Å². The van der Waals surface area contributed by atoms with E-state index >= 15 is 0 Å². The van der Waals surface area contributed by atoms with Gasteiger partial charge >= 0.3 is 0 Å². The summed E-state index contributed by atoms with van der Waals surface area (Å²) < 4.78 is 2.02. The molecule has 0 saturated carbocycles. The van der Waals surface area contributed by atoms with E-state index in [2.05, 4.69) is 47.3 Å². The van der Waals surface area contributed by atoms with Crippen LogP contribution in [-0.4, -0.2) is 27.7 Å². The fourth-order valence-corrected chi connectivity index (χ4v) is 3.37. The maximum absolute atomic E-state index is 4.91. The molecule has 4 rings (SSSR count). The quantitative estimate of drug-likeness (QED) is 0.732. The summed E-state index contributed by atoms with van der Waals surface area (Å²) >= 11 is 0. The van der Waals surface area contributed by atoms with Crippen molar-refractivity contribution < 1.29 is 0 Å². The number of anilines is 1. The van der Waals surface area contributed by atoms with Crippen LogP contribution >= 0.6 is 0 Å². The van der Waals surface area contributed by atoms with Crippen LogP contribution in [0.5, 0.6) is 0 Å². The first-order chi connectivity index (χ1) is 11.4. The summed E-state index contributed by atoms with van der Waals surface area (Å²) in [6, 6.07) is 12.7. The summed E-state index contributed by atoms with van der Waals surface area (Å²) in [5.41, 5.74) is 4.43. The Bertz CT molecular complexity index is 801. The summed E-state index contributed by atoms with van der Waals surface area (Å²) in [6.45, 7) is 4.44. The lowest BCUT2D eigenvalue weighted by Gasteiger charge is -2.19. The van der Waals surface area contributed by atoms with Crippen molar-refractivity contribution in [2.24, 2.45) is 0 Å². The first-order valence-electron chi connectivity index (χ1n) is 8.55. The Morgan fingerprint density at radius 2 is 1.87 bits per heavy atom. The van der Waals surface area contributed by atoms with Crippen molar-refractivity contribution in [3.8, 4) is 11.1 Å². The smallest absolute Gasteiger partial charge is 0.165 e. The third kappa shape index (κ3) is 2.58. The van der Waals surface area contributed by atoms with Gasteiger partial charge in [-0.25, -0.2) is 4.98 Å². The lowest BCUT2D eigenvalue weighted by atomic mass is 10.1. The molecule has 0 N–H and O–H groups in total. The van der Waals surface area contributed by atoms with E-state index in [1.807, 2.05) is 16.8 Å². The van der Waals surface area contributed by atoms with Gasteiger partial charge in [-0.2, -0.15) is 9.61 Å². The third-order valence-corrected chi connectivity index (χ3v) is 4.53. The molecule has 1 aliphatic heterocycles. The second-order valence-corrected chi connectivity index (χ2v) is 6.21. The van der Waals surface area contributed by atoms with Gasteiger partial charge in [0.05, 0.1) is 6.20 Å². The summed E-state index contributed by atoms with van der Waals surface area (Å²) in [6.07, 6.45) is 6.60. The minimum absolute atomic E-state index is 0.976. The van der Waals surface area contributed by atoms with Crippen LogP contribution in [0.2, 0.25) is 0 Å². The molecule has 1 saturated heterocycles. The SMILES string of the molecule is CCCc1cc(N2CCCC2)n2ncc(-c3ccccc3)c2n1. The van der Waals surface area contributed by atoms with Gasteiger partial charge in [0.2, 0.25) is 0 Å². The van der Waals surface area contributed by atoms with Crippen LogP contribution in [0.4, 0.5) is 5.82 Å². The monoisotopic (exact) mass is 306 g/mol. The molecule has 3 aromatic rings. The van der Waals surface area contributed by atoms with Crippen molar-refractivity contribution in [3.63, 3.8) is 0 Å². The molecule has 0 amide bonds. The molecule has 1 aromatic carbocycles. The van der Waals surface area contributed by atoms with Crippen molar-refractivity contribution in [1.29, 1.82) is 0 Å². The number of nitrogens with zero attached hydrogens (tertiary/aromatic N) is 4. The summed E-state index contributed by atoms with van der Waals surface area (Å²) in [5.74, 6) is 1.19. The van der Waals surface area contributed by atoms with Gasteiger partial charge in [0, 0.05) is 30.4 Å². The molecule has 118 valence electrons. The number of aromatic nitrogens is 3. The van der Waals surface area contributed by atoms with E-state index in [0.717, 1.165) is 37.1 Å². The Balaban J connectivity index is 1.90. The molecule has 3 heterocycles. The number of benzene rings is 1. The normalized spacial score (nSPS) is 14.7. The second kappa shape index (κ2) is 6.03. The van der Waals surface area contributed by atoms with E-state index in [-0.39, 0.29) is 0 Å². The molecule has 0 aliphatic carbocycles. The molecule has 1 aliphatic rings. The van der Waals surface area contributed by atoms with Crippen LogP contribution in [-0.2, 0) is 6.42 Å². The van der Waals surface area contributed by atoms with Crippen LogP contribution in [0.15, 0.2) is 42.6 Å². The topological polar surface area (TPSA) is 33.4 Å². The van der Waals surface area contributed by atoms with Crippen molar-refractivity contribution >= 4 is 11.5 Å². The van der Waals surface area contributed by atoms with Crippen LogP contribution in [0.25, 0.3) is 16.8 Å². The fourth-order valence-electron chi connectivity index (χ4n) is 3.37. The minimum Gasteiger partial charge on any atom is -0.356 e. The first kappa shape index (κ1) is 14.2. The van der Waals surface area contributed by atoms with Crippen molar-refractivity contribution in [3.05, 3.63) is 48.3 Å². The average Bonchev–Trinajstić information content (AvgIpc) is 3.25. The Hall–Kier alpha value is -2.36. The molecule has 0 bridgehead atoms. The number of hydrogen-bond acceptors (Lipinski definition) is 3. The summed E-state index contributed by atoms with van der Waals surface area (Å²) in [5, 5.41) is 4.65.